The Morgan fingerprint density at radius 2 is 0.909 bits per heavy atom. The van der Waals surface area contributed by atoms with Crippen LogP contribution in [0.25, 0.3) is 0 Å². The molecule has 0 nitrogen and oxygen atoms in total. The van der Waals surface area contributed by atoms with Gasteiger partial charge in [0.1, 0.15) is 0 Å². The molecule has 0 spiro atoms. The molecule has 0 bridgehead atoms. The van der Waals surface area contributed by atoms with Crippen LogP contribution in [0.2, 0.25) is 0 Å². The van der Waals surface area contributed by atoms with E-state index in [1.165, 1.54) is 0 Å². The Labute approximate surface area is 136 Å². The highest BCUT2D eigenvalue weighted by Gasteiger charge is 2.15. The highest BCUT2D eigenvalue weighted by atomic mass is 14.2. The molecule has 0 aromatic rings. The van der Waals surface area contributed by atoms with E-state index in [2.05, 4.69) is 65.8 Å². The van der Waals surface area contributed by atoms with Crippen molar-refractivity contribution in [2.45, 2.75) is 13.3 Å². The summed E-state index contributed by atoms with van der Waals surface area (Å²) in [5, 5.41) is 0. The van der Waals surface area contributed by atoms with E-state index in [9.17, 15) is 0 Å². The Kier molecular flexibility index (Phi) is 7.05. The van der Waals surface area contributed by atoms with Gasteiger partial charge >= 0.3 is 0 Å². The molecule has 0 unspecified atom stereocenters. The minimum absolute atomic E-state index is 0.647. The summed E-state index contributed by atoms with van der Waals surface area (Å²) in [6.07, 6.45) is 2.44. The van der Waals surface area contributed by atoms with E-state index in [-0.39, 0.29) is 0 Å². The lowest BCUT2D eigenvalue weighted by Crippen LogP contribution is -2.01. The monoisotopic (exact) mass is 290 g/mol. The number of allylic oxidation sites excluding steroid dienone is 10. The lowest BCUT2D eigenvalue weighted by molar-refractivity contribution is 1.12. The molecule has 0 N–H and O–H groups in total. The average molecular weight is 290 g/mol. The van der Waals surface area contributed by atoms with Crippen LogP contribution in [0.5, 0.6) is 0 Å². The van der Waals surface area contributed by atoms with E-state index in [1.807, 2.05) is 6.92 Å². The SMILES string of the molecule is C=CC(=C)C(=C)C(=C)C(=C)C(=C)C(=C)C(=C)C(=C)C(=C)CC. The zero-order valence-electron chi connectivity index (χ0n) is 13.9. The number of rotatable bonds is 10. The Morgan fingerprint density at radius 3 is 1.23 bits per heavy atom. The summed E-state index contributed by atoms with van der Waals surface area (Å²) in [6.45, 7) is 41.7. The predicted molar refractivity (Wildman–Crippen MR) is 103 cm³/mol. The van der Waals surface area contributed by atoms with Gasteiger partial charge in [-0.3, -0.25) is 0 Å². The van der Waals surface area contributed by atoms with Gasteiger partial charge < -0.3 is 0 Å². The molecule has 0 aliphatic heterocycles. The van der Waals surface area contributed by atoms with Crippen LogP contribution < -0.4 is 0 Å². The first-order chi connectivity index (χ1) is 10.1. The quantitative estimate of drug-likeness (QED) is 0.398. The summed E-state index contributed by atoms with van der Waals surface area (Å²) in [5.74, 6) is 0. The molecule has 0 aliphatic rings. The minimum atomic E-state index is 0.647. The van der Waals surface area contributed by atoms with Crippen molar-refractivity contribution < 1.29 is 0 Å². The molecule has 0 atom stereocenters. The third-order valence-electron chi connectivity index (χ3n) is 3.67. The molecule has 0 radical (unpaired) electrons. The van der Waals surface area contributed by atoms with Crippen molar-refractivity contribution in [3.63, 3.8) is 0 Å². The van der Waals surface area contributed by atoms with Crippen LogP contribution in [-0.4, -0.2) is 0 Å². The normalized spacial score (nSPS) is 9.32. The highest BCUT2D eigenvalue weighted by molar-refractivity contribution is 5.68. The van der Waals surface area contributed by atoms with Crippen molar-refractivity contribution in [1.29, 1.82) is 0 Å². The van der Waals surface area contributed by atoms with Gasteiger partial charge in [-0.1, -0.05) is 78.8 Å². The minimum Gasteiger partial charge on any atom is -0.0985 e. The lowest BCUT2D eigenvalue weighted by atomic mass is 9.85. The molecule has 114 valence electrons. The molecular weight excluding hydrogens is 264 g/mol. The second-order valence-electron chi connectivity index (χ2n) is 5.04. The first kappa shape index (κ1) is 19.4. The van der Waals surface area contributed by atoms with E-state index < -0.39 is 0 Å². The fourth-order valence-electron chi connectivity index (χ4n) is 1.65. The Balaban J connectivity index is 5.24. The van der Waals surface area contributed by atoms with Crippen molar-refractivity contribution in [3.8, 4) is 0 Å². The molecule has 0 aromatic heterocycles. The van der Waals surface area contributed by atoms with E-state index in [0.717, 1.165) is 17.6 Å². The molecular formula is C22H26. The summed E-state index contributed by atoms with van der Waals surface area (Å²) in [4.78, 5) is 0. The molecule has 0 amide bonds. The number of hydrogen-bond acceptors (Lipinski definition) is 0. The van der Waals surface area contributed by atoms with Gasteiger partial charge in [0.2, 0.25) is 0 Å². The van der Waals surface area contributed by atoms with Crippen LogP contribution >= 0.6 is 0 Å². The zero-order valence-corrected chi connectivity index (χ0v) is 13.9. The fraction of sp³-hybridized carbons (Fsp3) is 0.0909. The van der Waals surface area contributed by atoms with Gasteiger partial charge in [-0.2, -0.15) is 0 Å². The average Bonchev–Trinajstić information content (AvgIpc) is 2.55. The van der Waals surface area contributed by atoms with Crippen molar-refractivity contribution in [2.75, 3.05) is 0 Å². The molecule has 0 fully saturated rings. The van der Waals surface area contributed by atoms with Crippen LogP contribution in [0.1, 0.15) is 13.3 Å². The maximum absolute atomic E-state index is 4.04. The van der Waals surface area contributed by atoms with Crippen LogP contribution in [0, 0.1) is 0 Å². The Morgan fingerprint density at radius 1 is 0.591 bits per heavy atom. The molecule has 22 heavy (non-hydrogen) atoms. The van der Waals surface area contributed by atoms with Gasteiger partial charge in [0.05, 0.1) is 0 Å². The predicted octanol–water partition coefficient (Wildman–Crippen LogP) is 6.59. The van der Waals surface area contributed by atoms with Gasteiger partial charge in [-0.15, -0.1) is 0 Å². The smallest absolute Gasteiger partial charge is 0.0183 e. The topological polar surface area (TPSA) is 0 Å². The maximum Gasteiger partial charge on any atom is -0.0183 e. The van der Waals surface area contributed by atoms with E-state index in [1.54, 1.807) is 6.08 Å². The molecule has 0 rings (SSSR count). The summed E-state index contributed by atoms with van der Waals surface area (Å²) in [6, 6.07) is 0. The van der Waals surface area contributed by atoms with Crippen molar-refractivity contribution in [2.24, 2.45) is 0 Å². The third-order valence-corrected chi connectivity index (χ3v) is 3.67. The summed E-state index contributed by atoms with van der Waals surface area (Å²) in [5.41, 5.74) is 6.41. The van der Waals surface area contributed by atoms with Gasteiger partial charge in [0.15, 0.2) is 0 Å². The molecule has 0 aromatic carbocycles. The lowest BCUT2D eigenvalue weighted by Gasteiger charge is -2.19. The van der Waals surface area contributed by atoms with Crippen molar-refractivity contribution in [1.82, 2.24) is 0 Å². The standard InChI is InChI=1S/C22H26/c1-12-14(3)16(5)18(7)20(9)22(11)21(10)19(8)17(6)15(4)13-2/h12H,1,3-11,13H2,2H3. The van der Waals surface area contributed by atoms with E-state index in [0.29, 0.717) is 39.0 Å². The van der Waals surface area contributed by atoms with Crippen LogP contribution in [0.4, 0.5) is 0 Å². The Bertz CT molecular complexity index is 642. The molecule has 0 heterocycles. The van der Waals surface area contributed by atoms with Crippen LogP contribution in [0.3, 0.4) is 0 Å². The van der Waals surface area contributed by atoms with Crippen LogP contribution in [-0.2, 0) is 0 Å². The van der Waals surface area contributed by atoms with Crippen molar-refractivity contribution in [3.05, 3.63) is 122 Å². The van der Waals surface area contributed by atoms with E-state index >= 15 is 0 Å². The first-order valence-corrected chi connectivity index (χ1v) is 6.94. The second-order valence-corrected chi connectivity index (χ2v) is 5.04. The maximum atomic E-state index is 4.04. The second kappa shape index (κ2) is 7.99. The zero-order chi connectivity index (χ0) is 17.6. The number of hydrogen-bond donors (Lipinski definition) is 0. The molecule has 0 aliphatic carbocycles. The van der Waals surface area contributed by atoms with Gasteiger partial charge in [0.25, 0.3) is 0 Å². The van der Waals surface area contributed by atoms with Gasteiger partial charge in [-0.05, 0) is 56.6 Å². The van der Waals surface area contributed by atoms with Gasteiger partial charge in [0, 0.05) is 0 Å². The summed E-state index contributed by atoms with van der Waals surface area (Å²) >= 11 is 0. The largest absolute Gasteiger partial charge is 0.0985 e. The molecule has 0 saturated heterocycles. The molecule has 0 saturated carbocycles. The molecule has 0 heteroatoms. The fourth-order valence-corrected chi connectivity index (χ4v) is 1.65. The highest BCUT2D eigenvalue weighted by Crippen LogP contribution is 2.33. The Hall–Kier alpha value is -2.60. The van der Waals surface area contributed by atoms with Crippen molar-refractivity contribution >= 4 is 0 Å². The summed E-state index contributed by atoms with van der Waals surface area (Å²) < 4.78 is 0. The summed E-state index contributed by atoms with van der Waals surface area (Å²) in [7, 11) is 0. The third kappa shape index (κ3) is 4.20. The van der Waals surface area contributed by atoms with Crippen LogP contribution in [0.15, 0.2) is 122 Å². The van der Waals surface area contributed by atoms with E-state index in [4.69, 9.17) is 0 Å². The first-order valence-electron chi connectivity index (χ1n) is 6.94. The van der Waals surface area contributed by atoms with Gasteiger partial charge in [-0.25, -0.2) is 0 Å².